The van der Waals surface area contributed by atoms with Gasteiger partial charge in [-0.3, -0.25) is 62.3 Å². The number of rotatable bonds is 37. The van der Waals surface area contributed by atoms with E-state index in [0.717, 1.165) is 29.1 Å². The molecule has 101 heavy (non-hydrogen) atoms. The Balaban J connectivity index is 1.55. The molecule has 562 valence electrons. The minimum Gasteiger partial charge on any atom is -0.391 e. The molecule has 0 bridgehead atoms. The van der Waals surface area contributed by atoms with E-state index in [-0.39, 0.29) is 68.6 Å². The largest absolute Gasteiger partial charge is 0.391 e. The summed E-state index contributed by atoms with van der Waals surface area (Å²) in [4.78, 5) is 194. The van der Waals surface area contributed by atoms with Crippen LogP contribution in [0.2, 0.25) is 0 Å². The number of nitrogens with zero attached hydrogens (tertiary/aromatic N) is 7. The molecule has 4 rings (SSSR count). The molecule has 0 spiro atoms. The third-order valence-electron chi connectivity index (χ3n) is 19.3. The van der Waals surface area contributed by atoms with Crippen molar-refractivity contribution in [3.8, 4) is 0 Å². The smallest absolute Gasteiger partial charge is 0.248 e. The summed E-state index contributed by atoms with van der Waals surface area (Å²) in [5.74, 6) is -9.00. The van der Waals surface area contributed by atoms with Gasteiger partial charge in [-0.1, -0.05) is 122 Å². The molecule has 2 saturated heterocycles. The lowest BCUT2D eigenvalue weighted by Crippen LogP contribution is -2.62. The Morgan fingerprint density at radius 3 is 1.58 bits per heavy atom. The Bertz CT molecular complexity index is 3150. The normalized spacial score (nSPS) is 17.4. The van der Waals surface area contributed by atoms with Crippen LogP contribution in [-0.4, -0.2) is 257 Å². The second kappa shape index (κ2) is 40.3. The summed E-state index contributed by atoms with van der Waals surface area (Å²) in [6.45, 7) is 20.9. The van der Waals surface area contributed by atoms with Crippen LogP contribution < -0.4 is 31.9 Å². The zero-order valence-corrected chi connectivity index (χ0v) is 63.0. The van der Waals surface area contributed by atoms with Gasteiger partial charge in [0, 0.05) is 74.1 Å². The number of likely N-dealkylation sites (N-methyl/N-ethyl adjacent to an activating group) is 6. The number of aliphatic hydroxyl groups excluding tert-OH is 1. The van der Waals surface area contributed by atoms with Gasteiger partial charge in [0.25, 0.3) is 0 Å². The van der Waals surface area contributed by atoms with Crippen molar-refractivity contribution in [2.45, 2.75) is 226 Å². The van der Waals surface area contributed by atoms with E-state index >= 15 is 0 Å². The average Bonchev–Trinajstić information content (AvgIpc) is 1.20. The fourth-order valence-corrected chi connectivity index (χ4v) is 13.1. The van der Waals surface area contributed by atoms with Gasteiger partial charge >= 0.3 is 0 Å². The predicted molar refractivity (Wildman–Crippen MR) is 383 cm³/mol. The molecule has 2 aromatic rings. The number of carbonyl (C=O) groups excluding carboxylic acids is 13. The highest BCUT2D eigenvalue weighted by Gasteiger charge is 2.45. The Hall–Kier alpha value is -8.33. The van der Waals surface area contributed by atoms with Crippen LogP contribution in [0.4, 0.5) is 0 Å². The van der Waals surface area contributed by atoms with Gasteiger partial charge in [0.05, 0.1) is 18.7 Å². The predicted octanol–water partition coefficient (Wildman–Crippen LogP) is 2.45. The second-order valence-electron chi connectivity index (χ2n) is 28.9. The number of ketones is 1. The molecular weight excluding hydrogens is 1290 g/mol. The van der Waals surface area contributed by atoms with E-state index in [2.05, 4.69) is 31.9 Å². The fourth-order valence-electron chi connectivity index (χ4n) is 13.1. The molecule has 0 saturated carbocycles. The molecule has 0 aromatic heterocycles. The molecule has 2 aliphatic rings. The van der Waals surface area contributed by atoms with Gasteiger partial charge in [-0.05, 0) is 114 Å². The van der Waals surface area contributed by atoms with Crippen molar-refractivity contribution in [2.24, 2.45) is 23.7 Å². The highest BCUT2D eigenvalue weighted by molar-refractivity contribution is 6.00. The first-order valence-corrected chi connectivity index (χ1v) is 35.8. The average molecular weight is 1410 g/mol. The first kappa shape index (κ1) is 85.1. The molecule has 2 aliphatic heterocycles. The van der Waals surface area contributed by atoms with Crippen molar-refractivity contribution in [2.75, 3.05) is 68.5 Å². The van der Waals surface area contributed by atoms with Gasteiger partial charge in [0.2, 0.25) is 70.9 Å². The molecule has 0 unspecified atom stereocenters. The number of Topliss-reactive ketones (excluding diaryl/α,β-unsaturated/α-hetero) is 1. The lowest BCUT2D eigenvalue weighted by molar-refractivity contribution is -0.150. The maximum Gasteiger partial charge on any atom is 0.248 e. The van der Waals surface area contributed by atoms with Crippen molar-refractivity contribution in [3.05, 3.63) is 71.8 Å². The van der Waals surface area contributed by atoms with Crippen LogP contribution in [0.3, 0.4) is 0 Å². The van der Waals surface area contributed by atoms with Gasteiger partial charge < -0.3 is 71.3 Å². The molecule has 12 amide bonds. The molecule has 0 aliphatic carbocycles. The number of nitrogens with one attached hydrogen (secondary N) is 6. The maximum absolute atomic E-state index is 15.0. The van der Waals surface area contributed by atoms with Crippen molar-refractivity contribution >= 4 is 76.7 Å². The van der Waals surface area contributed by atoms with Gasteiger partial charge in [0.15, 0.2) is 0 Å². The Morgan fingerprint density at radius 2 is 1.06 bits per heavy atom. The summed E-state index contributed by atoms with van der Waals surface area (Å²) in [5.41, 5.74) is 1.34. The van der Waals surface area contributed by atoms with Crippen LogP contribution in [0.15, 0.2) is 60.7 Å². The summed E-state index contributed by atoms with van der Waals surface area (Å²) < 4.78 is 0. The topological polar surface area (TPSA) is 337 Å². The number of hydrogen-bond donors (Lipinski definition) is 7. The van der Waals surface area contributed by atoms with Crippen LogP contribution in [0.1, 0.15) is 152 Å². The van der Waals surface area contributed by atoms with E-state index in [4.69, 9.17) is 0 Å². The minimum atomic E-state index is -1.43. The lowest BCUT2D eigenvalue weighted by atomic mass is 9.95. The highest BCUT2D eigenvalue weighted by Crippen LogP contribution is 2.26. The molecule has 13 atom stereocenters. The van der Waals surface area contributed by atoms with E-state index in [1.54, 1.807) is 100 Å². The number of piperidine rings is 1. The van der Waals surface area contributed by atoms with Crippen molar-refractivity contribution < 1.29 is 67.4 Å². The quantitative estimate of drug-likeness (QED) is 0.0511. The number of hydrogen-bond acceptors (Lipinski definition) is 15. The Labute approximate surface area is 598 Å². The summed E-state index contributed by atoms with van der Waals surface area (Å²) >= 11 is 0. The number of amides is 12. The van der Waals surface area contributed by atoms with Gasteiger partial charge in [-0.2, -0.15) is 0 Å². The van der Waals surface area contributed by atoms with E-state index in [1.807, 2.05) is 34.6 Å². The molecule has 2 heterocycles. The highest BCUT2D eigenvalue weighted by atomic mass is 16.3. The van der Waals surface area contributed by atoms with Crippen molar-refractivity contribution in [1.29, 1.82) is 0 Å². The van der Waals surface area contributed by atoms with Crippen LogP contribution in [0.25, 0.3) is 0 Å². The number of benzene rings is 2. The number of aliphatic hydroxyl groups is 1. The molecular formula is C74H117N13O14. The second-order valence-corrected chi connectivity index (χ2v) is 28.9. The number of carbonyl (C=O) groups is 13. The third-order valence-corrected chi connectivity index (χ3v) is 19.3. The van der Waals surface area contributed by atoms with Gasteiger partial charge in [-0.15, -0.1) is 0 Å². The zero-order valence-electron chi connectivity index (χ0n) is 63.0. The summed E-state index contributed by atoms with van der Waals surface area (Å²) in [6, 6.07) is 5.06. The molecule has 7 N–H and O–H groups in total. The van der Waals surface area contributed by atoms with Crippen LogP contribution in [0.5, 0.6) is 0 Å². The summed E-state index contributed by atoms with van der Waals surface area (Å²) in [7, 11) is 8.66. The van der Waals surface area contributed by atoms with E-state index in [0.29, 0.717) is 37.1 Å². The Kier molecular flexibility index (Phi) is 34.0. The first-order valence-electron chi connectivity index (χ1n) is 35.8. The molecule has 27 nitrogen and oxygen atoms in total. The lowest BCUT2D eigenvalue weighted by Gasteiger charge is -2.37. The van der Waals surface area contributed by atoms with E-state index in [1.165, 1.54) is 75.6 Å². The van der Waals surface area contributed by atoms with Crippen molar-refractivity contribution in [1.82, 2.24) is 66.2 Å². The van der Waals surface area contributed by atoms with E-state index in [9.17, 15) is 67.4 Å². The van der Waals surface area contributed by atoms with Crippen LogP contribution in [0, 0.1) is 23.7 Å². The maximum atomic E-state index is 15.0. The molecule has 27 heteroatoms. The zero-order chi connectivity index (χ0) is 75.9. The van der Waals surface area contributed by atoms with E-state index < -0.39 is 156 Å². The van der Waals surface area contributed by atoms with Crippen LogP contribution in [-0.2, 0) is 75.2 Å². The van der Waals surface area contributed by atoms with Crippen LogP contribution >= 0.6 is 0 Å². The minimum absolute atomic E-state index is 0.00328. The molecule has 2 aromatic carbocycles. The van der Waals surface area contributed by atoms with Crippen molar-refractivity contribution in [3.63, 3.8) is 0 Å². The monoisotopic (exact) mass is 1410 g/mol. The molecule has 0 radical (unpaired) electrons. The fraction of sp³-hybridized carbons (Fsp3) is 0.662. The Morgan fingerprint density at radius 1 is 0.525 bits per heavy atom. The summed E-state index contributed by atoms with van der Waals surface area (Å²) in [5, 5.41) is 27.5. The summed E-state index contributed by atoms with van der Waals surface area (Å²) in [6.07, 6.45) is 2.33. The standard InChI is InChI=1S/C74H117N13O14/c1-19-47(8)63(68(95)78-55(40-48(9)88)71(98)86-35-27-22-28-36-86)85(18)69(96)50(11)76-65(92)58(39-45(4)5)82(15)60(90)43-81(14)70(97)56(41-52-30-23-20-24-31-52)79-67(94)62(46(6)7)84(17)73(100)57-34-29-37-87(57)72(99)54(38-44(2)3)77-66(93)59(42-53-32-25-21-26-33-53)83(16)74(101)61(51(12)89)80-64(91)49(10)75-13/h20-21,23-26,30-33,44-47,49-51,54-59,61-63,75,89H,19,22,27-29,34-43H2,1-18H3,(H,76,92)(H,77,93)(H,78,95)(H,79,94)(H,80,91)/t47-,49-,50-,51+,54-,55-,56-,57-,58-,59-,61-,62-,63-/m0/s1. The number of likely N-dealkylation sites (tertiary alicyclic amines) is 2. The van der Waals surface area contributed by atoms with Gasteiger partial charge in [0.1, 0.15) is 66.2 Å². The van der Waals surface area contributed by atoms with Gasteiger partial charge in [-0.25, -0.2) is 0 Å². The molecule has 2 fully saturated rings. The third kappa shape index (κ3) is 24.4. The SMILES string of the molecule is CC[C@H](C)[C@@H](C(=O)N[C@@H](CC(C)=O)C(=O)N1CCCCC1)N(C)C(=O)[C@H](C)NC(=O)[C@H](CC(C)C)N(C)C(=O)CN(C)C(=O)[C@H](Cc1ccccc1)NC(=O)[C@H](C(C)C)N(C)C(=O)[C@@H]1CCCN1C(=O)[C@H](CC(C)C)NC(=O)[C@H](Cc1ccccc1)N(C)C(=O)[C@@H](NC(=O)[C@H](C)NC)[C@@H](C)O. The first-order chi connectivity index (χ1) is 47.5.